The topological polar surface area (TPSA) is 20.2 Å². The molecule has 0 amide bonds. The summed E-state index contributed by atoms with van der Waals surface area (Å²) < 4.78 is 0. The Morgan fingerprint density at radius 3 is 2.92 bits per heavy atom. The van der Waals surface area contributed by atoms with Gasteiger partial charge in [0, 0.05) is 0 Å². The Kier molecular flexibility index (Phi) is 2.20. The Labute approximate surface area is 80.5 Å². The van der Waals surface area contributed by atoms with Crippen LogP contribution >= 0.6 is 15.9 Å². The minimum absolute atomic E-state index is 0.127. The number of halogens is 1. The lowest BCUT2D eigenvalue weighted by Crippen LogP contribution is -2.20. The zero-order valence-corrected chi connectivity index (χ0v) is 8.29. The number of hydrogen-bond acceptors (Lipinski definition) is 1. The highest BCUT2D eigenvalue weighted by molar-refractivity contribution is 9.09. The standard InChI is InChI=1S/C10H11BrO/c11-10-8-4-2-1-3-7(8)5-6-9(10)12/h1-4,9-10,12H,5-6H2/t9-,10-/m0/s1. The normalized spacial score (nSPS) is 28.2. The van der Waals surface area contributed by atoms with Gasteiger partial charge in [0.05, 0.1) is 10.9 Å². The molecule has 1 aliphatic carbocycles. The fraction of sp³-hybridized carbons (Fsp3) is 0.400. The van der Waals surface area contributed by atoms with Gasteiger partial charge in [0.2, 0.25) is 0 Å². The second kappa shape index (κ2) is 3.19. The van der Waals surface area contributed by atoms with Crippen LogP contribution in [0.25, 0.3) is 0 Å². The van der Waals surface area contributed by atoms with Crippen LogP contribution in [0.15, 0.2) is 24.3 Å². The molecule has 2 heteroatoms. The summed E-state index contributed by atoms with van der Waals surface area (Å²) in [5.41, 5.74) is 2.61. The summed E-state index contributed by atoms with van der Waals surface area (Å²) in [6, 6.07) is 8.29. The molecule has 2 rings (SSSR count). The Morgan fingerprint density at radius 1 is 1.33 bits per heavy atom. The van der Waals surface area contributed by atoms with Crippen molar-refractivity contribution in [2.24, 2.45) is 0 Å². The Morgan fingerprint density at radius 2 is 2.08 bits per heavy atom. The van der Waals surface area contributed by atoms with E-state index in [1.807, 2.05) is 6.07 Å². The third-order valence-electron chi connectivity index (χ3n) is 2.40. The average molecular weight is 227 g/mol. The lowest BCUT2D eigenvalue weighted by molar-refractivity contribution is 0.157. The van der Waals surface area contributed by atoms with Crippen LogP contribution in [-0.2, 0) is 6.42 Å². The summed E-state index contributed by atoms with van der Waals surface area (Å²) in [6.45, 7) is 0. The molecule has 1 aromatic carbocycles. The molecule has 0 heterocycles. The first-order valence-electron chi connectivity index (χ1n) is 4.19. The maximum Gasteiger partial charge on any atom is 0.0709 e. The Bertz CT molecular complexity index is 285. The summed E-state index contributed by atoms with van der Waals surface area (Å²) in [5, 5.41) is 9.58. The first kappa shape index (κ1) is 8.27. The molecule has 0 saturated carbocycles. The van der Waals surface area contributed by atoms with E-state index in [1.165, 1.54) is 11.1 Å². The van der Waals surface area contributed by atoms with Crippen molar-refractivity contribution in [3.05, 3.63) is 35.4 Å². The zero-order valence-electron chi connectivity index (χ0n) is 6.70. The van der Waals surface area contributed by atoms with Gasteiger partial charge < -0.3 is 5.11 Å². The van der Waals surface area contributed by atoms with Crippen LogP contribution in [-0.4, -0.2) is 11.2 Å². The van der Waals surface area contributed by atoms with E-state index in [2.05, 4.69) is 34.1 Å². The van der Waals surface area contributed by atoms with Crippen LogP contribution < -0.4 is 0 Å². The van der Waals surface area contributed by atoms with Crippen molar-refractivity contribution in [2.45, 2.75) is 23.8 Å². The van der Waals surface area contributed by atoms with Crippen LogP contribution in [0.3, 0.4) is 0 Å². The van der Waals surface area contributed by atoms with Crippen molar-refractivity contribution in [1.82, 2.24) is 0 Å². The van der Waals surface area contributed by atoms with Gasteiger partial charge in [-0.25, -0.2) is 0 Å². The third kappa shape index (κ3) is 1.29. The van der Waals surface area contributed by atoms with Gasteiger partial charge in [0.25, 0.3) is 0 Å². The van der Waals surface area contributed by atoms with E-state index in [0.717, 1.165) is 12.8 Å². The molecule has 0 fully saturated rings. The highest BCUT2D eigenvalue weighted by Gasteiger charge is 2.24. The first-order chi connectivity index (χ1) is 5.79. The van der Waals surface area contributed by atoms with Gasteiger partial charge in [0.1, 0.15) is 0 Å². The maximum atomic E-state index is 9.58. The van der Waals surface area contributed by atoms with Crippen molar-refractivity contribution in [2.75, 3.05) is 0 Å². The van der Waals surface area contributed by atoms with Crippen LogP contribution in [0.2, 0.25) is 0 Å². The molecule has 1 nitrogen and oxygen atoms in total. The molecule has 64 valence electrons. The van der Waals surface area contributed by atoms with E-state index < -0.39 is 0 Å². The summed E-state index contributed by atoms with van der Waals surface area (Å²) >= 11 is 3.50. The largest absolute Gasteiger partial charge is 0.392 e. The smallest absolute Gasteiger partial charge is 0.0709 e. The second-order valence-corrected chi connectivity index (χ2v) is 4.19. The van der Waals surface area contributed by atoms with Gasteiger partial charge in [-0.15, -0.1) is 0 Å². The van der Waals surface area contributed by atoms with Crippen molar-refractivity contribution >= 4 is 15.9 Å². The van der Waals surface area contributed by atoms with Gasteiger partial charge in [0.15, 0.2) is 0 Å². The van der Waals surface area contributed by atoms with Gasteiger partial charge in [-0.1, -0.05) is 40.2 Å². The molecule has 2 atom stereocenters. The van der Waals surface area contributed by atoms with Crippen LogP contribution in [0, 0.1) is 0 Å². The zero-order chi connectivity index (χ0) is 8.55. The number of aliphatic hydroxyl groups excluding tert-OH is 1. The molecule has 12 heavy (non-hydrogen) atoms. The number of aryl methyl sites for hydroxylation is 1. The van der Waals surface area contributed by atoms with Gasteiger partial charge in [-0.3, -0.25) is 0 Å². The molecule has 0 aromatic heterocycles. The molecular weight excluding hydrogens is 216 g/mol. The summed E-state index contributed by atoms with van der Waals surface area (Å²) in [6.07, 6.45) is 1.65. The van der Waals surface area contributed by atoms with Crippen molar-refractivity contribution in [1.29, 1.82) is 0 Å². The van der Waals surface area contributed by atoms with E-state index in [0.29, 0.717) is 0 Å². The molecule has 0 aliphatic heterocycles. The molecule has 1 N–H and O–H groups in total. The molecule has 1 aromatic rings. The van der Waals surface area contributed by atoms with E-state index in [1.54, 1.807) is 0 Å². The lowest BCUT2D eigenvalue weighted by atomic mass is 9.90. The SMILES string of the molecule is O[C@H]1CCc2ccccc2[C@@H]1Br. The number of alkyl halides is 1. The summed E-state index contributed by atoms with van der Waals surface area (Å²) in [5.74, 6) is 0. The van der Waals surface area contributed by atoms with E-state index in [-0.39, 0.29) is 10.9 Å². The average Bonchev–Trinajstić information content (AvgIpc) is 2.12. The molecule has 1 aliphatic rings. The quantitative estimate of drug-likeness (QED) is 0.675. The molecule has 0 spiro atoms. The number of rotatable bonds is 0. The number of aliphatic hydroxyl groups is 1. The Hall–Kier alpha value is -0.340. The fourth-order valence-corrected chi connectivity index (χ4v) is 2.40. The van der Waals surface area contributed by atoms with Gasteiger partial charge in [-0.2, -0.15) is 0 Å². The monoisotopic (exact) mass is 226 g/mol. The molecule has 0 radical (unpaired) electrons. The Balaban J connectivity index is 2.42. The second-order valence-electron chi connectivity index (χ2n) is 3.21. The molecule has 0 bridgehead atoms. The summed E-state index contributed by atoms with van der Waals surface area (Å²) in [7, 11) is 0. The van der Waals surface area contributed by atoms with Crippen LogP contribution in [0.4, 0.5) is 0 Å². The predicted octanol–water partition coefficient (Wildman–Crippen LogP) is 2.43. The van der Waals surface area contributed by atoms with Crippen molar-refractivity contribution < 1.29 is 5.11 Å². The van der Waals surface area contributed by atoms with Gasteiger partial charge >= 0.3 is 0 Å². The minimum atomic E-state index is -0.222. The highest BCUT2D eigenvalue weighted by atomic mass is 79.9. The number of fused-ring (bicyclic) bond motifs is 1. The van der Waals surface area contributed by atoms with E-state index in [9.17, 15) is 5.11 Å². The van der Waals surface area contributed by atoms with Crippen LogP contribution in [0.1, 0.15) is 22.4 Å². The minimum Gasteiger partial charge on any atom is -0.392 e. The molecular formula is C10H11BrO. The van der Waals surface area contributed by atoms with E-state index in [4.69, 9.17) is 0 Å². The lowest BCUT2D eigenvalue weighted by Gasteiger charge is -2.25. The molecule has 0 saturated heterocycles. The summed E-state index contributed by atoms with van der Waals surface area (Å²) in [4.78, 5) is 0.127. The number of hydrogen-bond donors (Lipinski definition) is 1. The third-order valence-corrected chi connectivity index (χ3v) is 3.50. The highest BCUT2D eigenvalue weighted by Crippen LogP contribution is 2.35. The molecule has 0 unspecified atom stereocenters. The maximum absolute atomic E-state index is 9.58. The van der Waals surface area contributed by atoms with E-state index >= 15 is 0 Å². The predicted molar refractivity (Wildman–Crippen MR) is 52.4 cm³/mol. The van der Waals surface area contributed by atoms with Crippen molar-refractivity contribution in [3.8, 4) is 0 Å². The van der Waals surface area contributed by atoms with Gasteiger partial charge in [-0.05, 0) is 24.0 Å². The van der Waals surface area contributed by atoms with Crippen molar-refractivity contribution in [3.63, 3.8) is 0 Å². The first-order valence-corrected chi connectivity index (χ1v) is 5.10. The fourth-order valence-electron chi connectivity index (χ4n) is 1.69. The number of benzene rings is 1. The van der Waals surface area contributed by atoms with Crippen LogP contribution in [0.5, 0.6) is 0 Å².